The second-order valence-corrected chi connectivity index (χ2v) is 6.95. The standard InChI is InChI=1S/C13H12Cl2N3OP/c14-12-5-4-10(9-18-12)7-13(15,20(16)19)8-11-3-1-2-6-17-11/h1-6,8-9,16-17H,7H2. The number of nitrogens with zero attached hydrogens (tertiary/aromatic N) is 1. The fourth-order valence-corrected chi connectivity index (χ4v) is 2.68. The number of pyridine rings is 1. The minimum absolute atomic E-state index is 0.236. The molecule has 2 heterocycles. The summed E-state index contributed by atoms with van der Waals surface area (Å²) >= 11 is 12.1. The number of rotatable bonds is 4. The Kier molecular flexibility index (Phi) is 4.95. The minimum Gasteiger partial charge on any atom is -0.611 e. The maximum absolute atomic E-state index is 11.7. The minimum atomic E-state index is -2.37. The van der Waals surface area contributed by atoms with Gasteiger partial charge in [-0.1, -0.05) is 35.3 Å². The molecule has 104 valence electrons. The van der Waals surface area contributed by atoms with Crippen LogP contribution in [0.2, 0.25) is 5.15 Å². The maximum atomic E-state index is 11.7. The highest BCUT2D eigenvalue weighted by Gasteiger charge is 2.36. The van der Waals surface area contributed by atoms with Crippen LogP contribution >= 0.6 is 31.1 Å². The summed E-state index contributed by atoms with van der Waals surface area (Å²) in [4.78, 5) is 15.7. The van der Waals surface area contributed by atoms with E-state index in [-0.39, 0.29) is 6.42 Å². The first kappa shape index (κ1) is 15.2. The van der Waals surface area contributed by atoms with Crippen molar-refractivity contribution in [2.75, 3.05) is 0 Å². The van der Waals surface area contributed by atoms with Gasteiger partial charge in [-0.3, -0.25) is 0 Å². The third kappa shape index (κ3) is 3.90. The average Bonchev–Trinajstić information content (AvgIpc) is 2.42. The van der Waals surface area contributed by atoms with E-state index in [1.165, 1.54) is 0 Å². The molecule has 4 nitrogen and oxygen atoms in total. The Bertz CT molecular complexity index is 598. The molecule has 0 radical (unpaired) electrons. The summed E-state index contributed by atoms with van der Waals surface area (Å²) in [5.74, 6) is 0. The predicted molar refractivity (Wildman–Crippen MR) is 80.7 cm³/mol. The molecule has 7 heteroatoms. The number of alkyl halides is 1. The first-order valence-corrected chi connectivity index (χ1v) is 7.82. The van der Waals surface area contributed by atoms with Crippen molar-refractivity contribution in [1.82, 2.24) is 10.3 Å². The molecule has 0 amide bonds. The van der Waals surface area contributed by atoms with Crippen LogP contribution in [0.15, 0.2) is 54.5 Å². The van der Waals surface area contributed by atoms with Gasteiger partial charge in [-0.2, -0.15) is 0 Å². The molecule has 2 atom stereocenters. The van der Waals surface area contributed by atoms with E-state index >= 15 is 0 Å². The van der Waals surface area contributed by atoms with Crippen molar-refractivity contribution >= 4 is 31.1 Å². The summed E-state index contributed by atoms with van der Waals surface area (Å²) in [6.07, 6.45) is 10.6. The molecule has 2 unspecified atom stereocenters. The predicted octanol–water partition coefficient (Wildman–Crippen LogP) is 3.29. The first-order valence-electron chi connectivity index (χ1n) is 5.80. The summed E-state index contributed by atoms with van der Waals surface area (Å²) in [6.45, 7) is 0. The molecule has 1 aromatic rings. The number of halogens is 2. The van der Waals surface area contributed by atoms with Gasteiger partial charge in [0, 0.05) is 30.6 Å². The molecule has 1 aliphatic heterocycles. The summed E-state index contributed by atoms with van der Waals surface area (Å²) in [5.41, 5.74) is 1.48. The van der Waals surface area contributed by atoms with E-state index in [4.69, 9.17) is 28.4 Å². The van der Waals surface area contributed by atoms with Crippen molar-refractivity contribution in [2.24, 2.45) is 0 Å². The smallest absolute Gasteiger partial charge is 0.239 e. The molecular weight excluding hydrogens is 316 g/mol. The molecule has 20 heavy (non-hydrogen) atoms. The second-order valence-electron chi connectivity index (χ2n) is 4.24. The molecule has 2 N–H and O–H groups in total. The summed E-state index contributed by atoms with van der Waals surface area (Å²) in [5, 5.41) is 10.9. The van der Waals surface area contributed by atoms with Crippen LogP contribution in [0, 0.1) is 5.16 Å². The Hall–Kier alpha value is -1.19. The van der Waals surface area contributed by atoms with Gasteiger partial charge in [0.1, 0.15) is 5.15 Å². The van der Waals surface area contributed by atoms with Gasteiger partial charge >= 0.3 is 0 Å². The van der Waals surface area contributed by atoms with E-state index in [9.17, 15) is 4.89 Å². The van der Waals surface area contributed by atoms with Crippen LogP contribution in [0.25, 0.3) is 0 Å². The zero-order valence-electron chi connectivity index (χ0n) is 10.4. The lowest BCUT2D eigenvalue weighted by Crippen LogP contribution is -2.23. The zero-order chi connectivity index (χ0) is 14.6. The fourth-order valence-electron chi connectivity index (χ4n) is 1.71. The summed E-state index contributed by atoms with van der Waals surface area (Å²) < 4.78 is -1.29. The van der Waals surface area contributed by atoms with Crippen LogP contribution in [0.1, 0.15) is 5.56 Å². The molecular formula is C13H12Cl2N3OP. The van der Waals surface area contributed by atoms with Crippen LogP contribution in [0.5, 0.6) is 0 Å². The topological polar surface area (TPSA) is 71.8 Å². The van der Waals surface area contributed by atoms with Crippen molar-refractivity contribution in [2.45, 2.75) is 11.0 Å². The van der Waals surface area contributed by atoms with Crippen LogP contribution in [-0.4, -0.2) is 9.60 Å². The highest BCUT2D eigenvalue weighted by Crippen LogP contribution is 2.42. The molecule has 0 aromatic carbocycles. The third-order valence-electron chi connectivity index (χ3n) is 2.69. The lowest BCUT2D eigenvalue weighted by molar-refractivity contribution is -0.158. The molecule has 0 spiro atoms. The van der Waals surface area contributed by atoms with E-state index < -0.39 is 12.6 Å². The van der Waals surface area contributed by atoms with Gasteiger partial charge in [-0.05, 0) is 23.8 Å². The monoisotopic (exact) mass is 327 g/mol. The average molecular weight is 328 g/mol. The Morgan fingerprint density at radius 1 is 1.45 bits per heavy atom. The van der Waals surface area contributed by atoms with Crippen molar-refractivity contribution in [1.29, 1.82) is 5.16 Å². The largest absolute Gasteiger partial charge is 0.611 e. The van der Waals surface area contributed by atoms with Gasteiger partial charge in [0.15, 0.2) is 7.94 Å². The van der Waals surface area contributed by atoms with Gasteiger partial charge < -0.3 is 10.2 Å². The number of hydrogen-bond donors (Lipinski definition) is 2. The Morgan fingerprint density at radius 3 is 2.80 bits per heavy atom. The van der Waals surface area contributed by atoms with Crippen LogP contribution in [-0.2, 0) is 6.42 Å². The Labute approximate surface area is 128 Å². The van der Waals surface area contributed by atoms with Crippen LogP contribution in [0.4, 0.5) is 0 Å². The van der Waals surface area contributed by atoms with E-state index in [1.54, 1.807) is 36.7 Å². The van der Waals surface area contributed by atoms with Gasteiger partial charge in [0.25, 0.3) is 0 Å². The van der Waals surface area contributed by atoms with E-state index in [0.29, 0.717) is 10.9 Å². The molecule has 1 aliphatic rings. The fraction of sp³-hybridized carbons (Fsp3) is 0.154. The molecule has 0 saturated carbocycles. The molecule has 0 saturated heterocycles. The lowest BCUT2D eigenvalue weighted by Gasteiger charge is -2.19. The Morgan fingerprint density at radius 2 is 2.25 bits per heavy atom. The second kappa shape index (κ2) is 6.51. The molecule has 0 fully saturated rings. The van der Waals surface area contributed by atoms with Crippen molar-refractivity contribution in [3.63, 3.8) is 0 Å². The van der Waals surface area contributed by atoms with Gasteiger partial charge in [0.2, 0.25) is 4.62 Å². The van der Waals surface area contributed by atoms with Gasteiger partial charge in [-0.15, -0.1) is 5.16 Å². The highest BCUT2D eigenvalue weighted by molar-refractivity contribution is 7.42. The Balaban J connectivity index is 2.25. The maximum Gasteiger partial charge on any atom is 0.239 e. The number of aromatic nitrogens is 1. The normalized spacial score (nSPS) is 19.6. The number of hydrogen-bond acceptors (Lipinski definition) is 4. The van der Waals surface area contributed by atoms with Crippen LogP contribution < -0.4 is 10.2 Å². The van der Waals surface area contributed by atoms with E-state index in [0.717, 1.165) is 5.56 Å². The summed E-state index contributed by atoms with van der Waals surface area (Å²) in [6, 6.07) is 3.40. The zero-order valence-corrected chi connectivity index (χ0v) is 12.8. The lowest BCUT2D eigenvalue weighted by atomic mass is 10.1. The quantitative estimate of drug-likeness (QED) is 0.506. The SMILES string of the molecule is N=[P+]([O-])C(Cl)(C=C1C=CC=CN1)Cc1ccc(Cl)nc1. The summed E-state index contributed by atoms with van der Waals surface area (Å²) in [7, 11) is -2.37. The van der Waals surface area contributed by atoms with Crippen molar-refractivity contribution in [3.8, 4) is 0 Å². The first-order chi connectivity index (χ1) is 9.49. The van der Waals surface area contributed by atoms with E-state index in [1.807, 2.05) is 12.2 Å². The van der Waals surface area contributed by atoms with Crippen molar-refractivity contribution < 1.29 is 4.89 Å². The van der Waals surface area contributed by atoms with Crippen LogP contribution in [0.3, 0.4) is 0 Å². The van der Waals surface area contributed by atoms with Gasteiger partial charge in [-0.25, -0.2) is 4.98 Å². The number of dihydropyridines is 1. The van der Waals surface area contributed by atoms with Crippen molar-refractivity contribution in [3.05, 3.63) is 65.2 Å². The molecule has 0 bridgehead atoms. The van der Waals surface area contributed by atoms with Gasteiger partial charge in [0.05, 0.1) is 0 Å². The van der Waals surface area contributed by atoms with E-state index in [2.05, 4.69) is 10.3 Å². The molecule has 0 aliphatic carbocycles. The number of allylic oxidation sites excluding steroid dienone is 4. The third-order valence-corrected chi connectivity index (χ3v) is 4.58. The molecule has 2 rings (SSSR count). The highest BCUT2D eigenvalue weighted by atomic mass is 35.5. The molecule has 1 aromatic heterocycles. The number of nitrogens with one attached hydrogen (secondary N) is 2.